The Morgan fingerprint density at radius 3 is 2.84 bits per heavy atom. The van der Waals surface area contributed by atoms with Crippen molar-refractivity contribution < 1.29 is 9.53 Å². The Hall–Kier alpha value is -0.950. The molecule has 1 saturated heterocycles. The molecule has 1 amide bonds. The van der Waals surface area contributed by atoms with Gasteiger partial charge in [0.25, 0.3) is 5.91 Å². The molecule has 1 aliphatic rings. The minimum absolute atomic E-state index is 0.0493. The summed E-state index contributed by atoms with van der Waals surface area (Å²) in [5.41, 5.74) is 0.239. The molecule has 0 unspecified atom stereocenters. The highest BCUT2D eigenvalue weighted by molar-refractivity contribution is 6.34. The number of hydrogen-bond donors (Lipinski definition) is 1. The first-order valence-electron chi connectivity index (χ1n) is 5.94. The molecule has 0 bridgehead atoms. The van der Waals surface area contributed by atoms with Crippen molar-refractivity contribution in [2.45, 2.75) is 0 Å². The third kappa shape index (κ3) is 4.28. The van der Waals surface area contributed by atoms with Crippen molar-refractivity contribution in [1.82, 2.24) is 20.4 Å². The summed E-state index contributed by atoms with van der Waals surface area (Å²) in [6, 6.07) is 1.40. The molecule has 0 atom stereocenters. The van der Waals surface area contributed by atoms with Crippen LogP contribution in [0.1, 0.15) is 10.4 Å². The zero-order chi connectivity index (χ0) is 13.7. The van der Waals surface area contributed by atoms with Crippen LogP contribution in [0.2, 0.25) is 10.3 Å². The molecule has 1 fully saturated rings. The van der Waals surface area contributed by atoms with E-state index in [2.05, 4.69) is 20.4 Å². The van der Waals surface area contributed by atoms with Crippen LogP contribution in [0, 0.1) is 0 Å². The molecule has 104 valence electrons. The van der Waals surface area contributed by atoms with Gasteiger partial charge in [0.2, 0.25) is 0 Å². The van der Waals surface area contributed by atoms with Gasteiger partial charge in [-0.2, -0.15) is 0 Å². The molecule has 1 aliphatic heterocycles. The normalized spacial score (nSPS) is 16.3. The molecule has 8 heteroatoms. The Kier molecular flexibility index (Phi) is 5.33. The SMILES string of the molecule is O=C(NCCN1CCOCC1)c1cc(Cl)nnc1Cl. The summed E-state index contributed by atoms with van der Waals surface area (Å²) in [6.07, 6.45) is 0. The molecule has 0 aromatic carbocycles. The highest BCUT2D eigenvalue weighted by Gasteiger charge is 2.14. The quantitative estimate of drug-likeness (QED) is 0.893. The van der Waals surface area contributed by atoms with Crippen LogP contribution in [0.4, 0.5) is 0 Å². The minimum Gasteiger partial charge on any atom is -0.379 e. The van der Waals surface area contributed by atoms with E-state index in [9.17, 15) is 4.79 Å². The van der Waals surface area contributed by atoms with Crippen LogP contribution in [-0.4, -0.2) is 60.4 Å². The van der Waals surface area contributed by atoms with Gasteiger partial charge in [0.05, 0.1) is 18.8 Å². The first kappa shape index (κ1) is 14.5. The van der Waals surface area contributed by atoms with Crippen LogP contribution in [0.15, 0.2) is 6.07 Å². The predicted octanol–water partition coefficient (Wildman–Crippen LogP) is 0.845. The molecule has 1 N–H and O–H groups in total. The number of nitrogens with zero attached hydrogens (tertiary/aromatic N) is 3. The van der Waals surface area contributed by atoms with E-state index in [1.807, 2.05) is 0 Å². The number of hydrogen-bond acceptors (Lipinski definition) is 5. The van der Waals surface area contributed by atoms with Gasteiger partial charge in [-0.15, -0.1) is 10.2 Å². The van der Waals surface area contributed by atoms with Gasteiger partial charge >= 0.3 is 0 Å². The van der Waals surface area contributed by atoms with Crippen LogP contribution >= 0.6 is 23.2 Å². The first-order valence-corrected chi connectivity index (χ1v) is 6.69. The molecule has 0 radical (unpaired) electrons. The van der Waals surface area contributed by atoms with Gasteiger partial charge in [0.15, 0.2) is 10.3 Å². The third-order valence-electron chi connectivity index (χ3n) is 2.78. The Labute approximate surface area is 121 Å². The number of ether oxygens (including phenoxy) is 1. The maximum atomic E-state index is 11.9. The van der Waals surface area contributed by atoms with Gasteiger partial charge in [-0.05, 0) is 6.07 Å². The van der Waals surface area contributed by atoms with Crippen molar-refractivity contribution in [2.24, 2.45) is 0 Å². The second-order valence-corrected chi connectivity index (χ2v) is 4.83. The first-order chi connectivity index (χ1) is 9.16. The van der Waals surface area contributed by atoms with Gasteiger partial charge in [-0.3, -0.25) is 9.69 Å². The van der Waals surface area contributed by atoms with E-state index in [0.29, 0.717) is 6.54 Å². The second kappa shape index (κ2) is 7.00. The van der Waals surface area contributed by atoms with Gasteiger partial charge in [-0.1, -0.05) is 23.2 Å². The average Bonchev–Trinajstić information content (AvgIpc) is 2.42. The lowest BCUT2D eigenvalue weighted by atomic mass is 10.3. The van der Waals surface area contributed by atoms with E-state index in [4.69, 9.17) is 27.9 Å². The number of rotatable bonds is 4. The van der Waals surface area contributed by atoms with Crippen LogP contribution in [-0.2, 0) is 4.74 Å². The lowest BCUT2D eigenvalue weighted by molar-refractivity contribution is 0.0383. The zero-order valence-corrected chi connectivity index (χ0v) is 11.7. The maximum absolute atomic E-state index is 11.9. The van der Waals surface area contributed by atoms with Gasteiger partial charge in [0.1, 0.15) is 0 Å². The average molecular weight is 305 g/mol. The summed E-state index contributed by atoms with van der Waals surface area (Å²) < 4.78 is 5.25. The van der Waals surface area contributed by atoms with Gasteiger partial charge < -0.3 is 10.1 Å². The summed E-state index contributed by atoms with van der Waals surface area (Å²) in [5.74, 6) is -0.296. The number of morpholine rings is 1. The fraction of sp³-hybridized carbons (Fsp3) is 0.545. The van der Waals surface area contributed by atoms with Crippen LogP contribution in [0.25, 0.3) is 0 Å². The van der Waals surface area contributed by atoms with E-state index in [1.165, 1.54) is 6.07 Å². The summed E-state index contributed by atoms with van der Waals surface area (Å²) in [4.78, 5) is 14.1. The molecule has 2 rings (SSSR count). The Morgan fingerprint density at radius 2 is 2.11 bits per heavy atom. The molecule has 1 aromatic heterocycles. The minimum atomic E-state index is -0.296. The number of amides is 1. The van der Waals surface area contributed by atoms with Gasteiger partial charge in [-0.25, -0.2) is 0 Å². The number of halogens is 2. The Bertz CT molecular complexity index is 452. The largest absolute Gasteiger partial charge is 0.379 e. The zero-order valence-electron chi connectivity index (χ0n) is 10.2. The van der Waals surface area contributed by atoms with Gasteiger partial charge in [0, 0.05) is 26.2 Å². The molecule has 1 aromatic rings. The number of aromatic nitrogens is 2. The molecule has 6 nitrogen and oxygen atoms in total. The molecule has 0 spiro atoms. The molecule has 19 heavy (non-hydrogen) atoms. The number of carbonyl (C=O) groups is 1. The van der Waals surface area contributed by atoms with E-state index < -0.39 is 0 Å². The van der Waals surface area contributed by atoms with Crippen molar-refractivity contribution in [2.75, 3.05) is 39.4 Å². The summed E-state index contributed by atoms with van der Waals surface area (Å²) in [6.45, 7) is 4.57. The lowest BCUT2D eigenvalue weighted by Gasteiger charge is -2.26. The Balaban J connectivity index is 1.82. The molecule has 2 heterocycles. The monoisotopic (exact) mass is 304 g/mol. The topological polar surface area (TPSA) is 67.4 Å². The highest BCUT2D eigenvalue weighted by atomic mass is 35.5. The smallest absolute Gasteiger partial charge is 0.254 e. The summed E-state index contributed by atoms with van der Waals surface area (Å²) >= 11 is 11.5. The molecule has 0 saturated carbocycles. The van der Waals surface area contributed by atoms with Crippen molar-refractivity contribution in [3.05, 3.63) is 21.9 Å². The van der Waals surface area contributed by atoms with E-state index >= 15 is 0 Å². The summed E-state index contributed by atoms with van der Waals surface area (Å²) in [5, 5.41) is 10.1. The van der Waals surface area contributed by atoms with Crippen LogP contribution in [0.3, 0.4) is 0 Å². The van der Waals surface area contributed by atoms with Crippen molar-refractivity contribution >= 4 is 29.1 Å². The lowest BCUT2D eigenvalue weighted by Crippen LogP contribution is -2.41. The Morgan fingerprint density at radius 1 is 1.37 bits per heavy atom. The second-order valence-electron chi connectivity index (χ2n) is 4.08. The standard InChI is InChI=1S/C11H14Cl2N4O2/c12-9-7-8(10(13)16-15-9)11(18)14-1-2-17-3-5-19-6-4-17/h7H,1-6H2,(H,14,18). The number of nitrogens with one attached hydrogen (secondary N) is 1. The van der Waals surface area contributed by atoms with E-state index in [0.717, 1.165) is 32.8 Å². The van der Waals surface area contributed by atoms with Crippen molar-refractivity contribution in [1.29, 1.82) is 0 Å². The van der Waals surface area contributed by atoms with Crippen LogP contribution < -0.4 is 5.32 Å². The van der Waals surface area contributed by atoms with E-state index in [-0.39, 0.29) is 21.8 Å². The fourth-order valence-corrected chi connectivity index (χ4v) is 2.08. The third-order valence-corrected chi connectivity index (χ3v) is 3.24. The van der Waals surface area contributed by atoms with Crippen molar-refractivity contribution in [3.8, 4) is 0 Å². The fourth-order valence-electron chi connectivity index (χ4n) is 1.76. The molecule has 0 aliphatic carbocycles. The maximum Gasteiger partial charge on any atom is 0.254 e. The predicted molar refractivity (Wildman–Crippen MR) is 71.6 cm³/mol. The van der Waals surface area contributed by atoms with E-state index in [1.54, 1.807) is 0 Å². The number of carbonyl (C=O) groups excluding carboxylic acids is 1. The molecular formula is C11H14Cl2N4O2. The highest BCUT2D eigenvalue weighted by Crippen LogP contribution is 2.14. The van der Waals surface area contributed by atoms with Crippen molar-refractivity contribution in [3.63, 3.8) is 0 Å². The summed E-state index contributed by atoms with van der Waals surface area (Å²) in [7, 11) is 0. The van der Waals surface area contributed by atoms with Crippen LogP contribution in [0.5, 0.6) is 0 Å². The molecular weight excluding hydrogens is 291 g/mol.